The molecule has 0 heterocycles. The van der Waals surface area contributed by atoms with Crippen LogP contribution in [-0.2, 0) is 20.7 Å². The van der Waals surface area contributed by atoms with Gasteiger partial charge in [0.1, 0.15) is 0 Å². The third kappa shape index (κ3) is 4.13. The highest BCUT2D eigenvalue weighted by Crippen LogP contribution is 2.00. The molecular formula is C12H15NO3. The van der Waals surface area contributed by atoms with Gasteiger partial charge in [-0.05, 0) is 5.56 Å². The Balaban J connectivity index is 2.35. The van der Waals surface area contributed by atoms with Crippen LogP contribution in [-0.4, -0.2) is 37.5 Å². The zero-order valence-corrected chi connectivity index (χ0v) is 9.47. The molecule has 0 aliphatic rings. The second-order valence-corrected chi connectivity index (χ2v) is 3.61. The van der Waals surface area contributed by atoms with E-state index in [1.807, 2.05) is 30.3 Å². The Morgan fingerprint density at radius 2 is 1.81 bits per heavy atom. The van der Waals surface area contributed by atoms with Gasteiger partial charge in [0.15, 0.2) is 6.61 Å². The predicted molar refractivity (Wildman–Crippen MR) is 59.8 cm³/mol. The molecule has 0 aliphatic heterocycles. The van der Waals surface area contributed by atoms with Crippen LogP contribution in [0, 0.1) is 0 Å². The summed E-state index contributed by atoms with van der Waals surface area (Å²) in [7, 11) is 3.24. The van der Waals surface area contributed by atoms with E-state index in [4.69, 9.17) is 4.74 Å². The van der Waals surface area contributed by atoms with Gasteiger partial charge in [0.05, 0.1) is 6.42 Å². The number of benzene rings is 1. The number of esters is 1. The van der Waals surface area contributed by atoms with Gasteiger partial charge in [-0.3, -0.25) is 9.59 Å². The summed E-state index contributed by atoms with van der Waals surface area (Å²) < 4.78 is 4.84. The SMILES string of the molecule is CN(C)C(=O)COC(=O)Cc1ccccc1. The van der Waals surface area contributed by atoms with Gasteiger partial charge in [0.2, 0.25) is 0 Å². The smallest absolute Gasteiger partial charge is 0.310 e. The van der Waals surface area contributed by atoms with Crippen molar-refractivity contribution < 1.29 is 14.3 Å². The Morgan fingerprint density at radius 3 is 2.38 bits per heavy atom. The van der Waals surface area contributed by atoms with Crippen LogP contribution in [0.15, 0.2) is 30.3 Å². The van der Waals surface area contributed by atoms with Gasteiger partial charge >= 0.3 is 5.97 Å². The molecule has 1 amide bonds. The van der Waals surface area contributed by atoms with E-state index in [1.165, 1.54) is 4.90 Å². The van der Waals surface area contributed by atoms with Crippen LogP contribution in [0.4, 0.5) is 0 Å². The Bertz CT molecular complexity index is 360. The molecule has 0 N–H and O–H groups in total. The molecule has 0 aliphatic carbocycles. The molecule has 1 rings (SSSR count). The number of carbonyl (C=O) groups excluding carboxylic acids is 2. The zero-order chi connectivity index (χ0) is 12.0. The normalized spacial score (nSPS) is 9.62. The first kappa shape index (κ1) is 12.2. The Hall–Kier alpha value is -1.84. The third-order valence-electron chi connectivity index (χ3n) is 2.05. The lowest BCUT2D eigenvalue weighted by Crippen LogP contribution is -2.27. The van der Waals surface area contributed by atoms with Crippen molar-refractivity contribution in [1.29, 1.82) is 0 Å². The minimum atomic E-state index is -0.388. The van der Waals surface area contributed by atoms with Crippen LogP contribution in [0.25, 0.3) is 0 Å². The van der Waals surface area contributed by atoms with Gasteiger partial charge in [0, 0.05) is 14.1 Å². The molecule has 0 unspecified atom stereocenters. The first-order chi connectivity index (χ1) is 7.59. The summed E-state index contributed by atoms with van der Waals surface area (Å²) in [6.07, 6.45) is 0.196. The summed E-state index contributed by atoms with van der Waals surface area (Å²) >= 11 is 0. The first-order valence-electron chi connectivity index (χ1n) is 4.99. The lowest BCUT2D eigenvalue weighted by atomic mass is 10.2. The van der Waals surface area contributed by atoms with Crippen LogP contribution < -0.4 is 0 Å². The molecule has 0 fully saturated rings. The Kier molecular flexibility index (Phi) is 4.51. The maximum atomic E-state index is 11.3. The van der Waals surface area contributed by atoms with Gasteiger partial charge in [-0.2, -0.15) is 0 Å². The fourth-order valence-corrected chi connectivity index (χ4v) is 1.08. The second kappa shape index (κ2) is 5.90. The van der Waals surface area contributed by atoms with Crippen molar-refractivity contribution in [3.05, 3.63) is 35.9 Å². The molecule has 0 saturated carbocycles. The van der Waals surface area contributed by atoms with Crippen molar-refractivity contribution in [1.82, 2.24) is 4.90 Å². The van der Waals surface area contributed by atoms with Crippen molar-refractivity contribution in [3.63, 3.8) is 0 Å². The van der Waals surface area contributed by atoms with E-state index >= 15 is 0 Å². The molecule has 1 aromatic rings. The number of nitrogens with zero attached hydrogens (tertiary/aromatic N) is 1. The fourth-order valence-electron chi connectivity index (χ4n) is 1.08. The molecular weight excluding hydrogens is 206 g/mol. The molecule has 4 nitrogen and oxygen atoms in total. The summed E-state index contributed by atoms with van der Waals surface area (Å²) in [6.45, 7) is -0.196. The number of hydrogen-bond donors (Lipinski definition) is 0. The monoisotopic (exact) mass is 221 g/mol. The van der Waals surface area contributed by atoms with Crippen molar-refractivity contribution >= 4 is 11.9 Å². The molecule has 16 heavy (non-hydrogen) atoms. The van der Waals surface area contributed by atoms with Crippen LogP contribution in [0.1, 0.15) is 5.56 Å². The molecule has 0 radical (unpaired) electrons. The van der Waals surface area contributed by atoms with Gasteiger partial charge < -0.3 is 9.64 Å². The van der Waals surface area contributed by atoms with E-state index in [-0.39, 0.29) is 24.9 Å². The van der Waals surface area contributed by atoms with E-state index in [9.17, 15) is 9.59 Å². The molecule has 0 bridgehead atoms. The number of likely N-dealkylation sites (N-methyl/N-ethyl adjacent to an activating group) is 1. The second-order valence-electron chi connectivity index (χ2n) is 3.61. The number of carbonyl (C=O) groups is 2. The van der Waals surface area contributed by atoms with Crippen molar-refractivity contribution in [2.75, 3.05) is 20.7 Å². The highest BCUT2D eigenvalue weighted by molar-refractivity contribution is 5.80. The number of rotatable bonds is 4. The quantitative estimate of drug-likeness (QED) is 0.708. The van der Waals surface area contributed by atoms with Crippen LogP contribution in [0.2, 0.25) is 0 Å². The number of hydrogen-bond acceptors (Lipinski definition) is 3. The van der Waals surface area contributed by atoms with E-state index < -0.39 is 0 Å². The minimum Gasteiger partial charge on any atom is -0.455 e. The molecule has 1 aromatic carbocycles. The summed E-state index contributed by atoms with van der Waals surface area (Å²) in [4.78, 5) is 23.9. The third-order valence-corrected chi connectivity index (χ3v) is 2.05. The largest absolute Gasteiger partial charge is 0.455 e. The summed E-state index contributed by atoms with van der Waals surface area (Å²) in [5.41, 5.74) is 0.879. The average molecular weight is 221 g/mol. The fraction of sp³-hybridized carbons (Fsp3) is 0.333. The number of ether oxygens (including phenoxy) is 1. The minimum absolute atomic E-state index is 0.196. The molecule has 0 spiro atoms. The van der Waals surface area contributed by atoms with Crippen LogP contribution in [0.3, 0.4) is 0 Å². The predicted octanol–water partition coefficient (Wildman–Crippen LogP) is 0.860. The van der Waals surface area contributed by atoms with Crippen LogP contribution in [0.5, 0.6) is 0 Å². The molecule has 0 aromatic heterocycles. The summed E-state index contributed by atoms with van der Waals surface area (Å²) in [5.74, 6) is -0.609. The van der Waals surface area contributed by atoms with Crippen molar-refractivity contribution in [2.45, 2.75) is 6.42 Å². The zero-order valence-electron chi connectivity index (χ0n) is 9.47. The maximum Gasteiger partial charge on any atom is 0.310 e. The standard InChI is InChI=1S/C12H15NO3/c1-13(2)11(14)9-16-12(15)8-10-6-4-3-5-7-10/h3-7H,8-9H2,1-2H3. The first-order valence-corrected chi connectivity index (χ1v) is 4.99. The highest BCUT2D eigenvalue weighted by Gasteiger charge is 2.09. The van der Waals surface area contributed by atoms with Gasteiger partial charge in [-0.25, -0.2) is 0 Å². The lowest BCUT2D eigenvalue weighted by molar-refractivity contribution is -0.150. The van der Waals surface area contributed by atoms with Crippen molar-refractivity contribution in [3.8, 4) is 0 Å². The molecule has 0 saturated heterocycles. The maximum absolute atomic E-state index is 11.3. The lowest BCUT2D eigenvalue weighted by Gasteiger charge is -2.10. The van der Waals surface area contributed by atoms with Gasteiger partial charge in [-0.15, -0.1) is 0 Å². The van der Waals surface area contributed by atoms with E-state index in [0.717, 1.165) is 5.56 Å². The highest BCUT2D eigenvalue weighted by atomic mass is 16.5. The van der Waals surface area contributed by atoms with Gasteiger partial charge in [0.25, 0.3) is 5.91 Å². The van der Waals surface area contributed by atoms with Crippen molar-refractivity contribution in [2.24, 2.45) is 0 Å². The van der Waals surface area contributed by atoms with Gasteiger partial charge in [-0.1, -0.05) is 30.3 Å². The number of amides is 1. The molecule has 86 valence electrons. The molecule has 0 atom stereocenters. The van der Waals surface area contributed by atoms with E-state index in [1.54, 1.807) is 14.1 Å². The summed E-state index contributed by atoms with van der Waals surface area (Å²) in [6, 6.07) is 9.27. The van der Waals surface area contributed by atoms with E-state index in [2.05, 4.69) is 0 Å². The molecule has 4 heteroatoms. The Labute approximate surface area is 94.8 Å². The van der Waals surface area contributed by atoms with Crippen LogP contribution >= 0.6 is 0 Å². The topological polar surface area (TPSA) is 46.6 Å². The summed E-state index contributed by atoms with van der Waals surface area (Å²) in [5, 5.41) is 0. The average Bonchev–Trinajstić information content (AvgIpc) is 2.27. The Morgan fingerprint density at radius 1 is 1.19 bits per heavy atom. The van der Waals surface area contributed by atoms with E-state index in [0.29, 0.717) is 0 Å².